The number of aromatic carboxylic acids is 1. The molecule has 0 amide bonds. The van der Waals surface area contributed by atoms with E-state index in [1.54, 1.807) is 0 Å². The van der Waals surface area contributed by atoms with Crippen LogP contribution in [0.5, 0.6) is 0 Å². The predicted molar refractivity (Wildman–Crippen MR) is 80.0 cm³/mol. The van der Waals surface area contributed by atoms with Crippen molar-refractivity contribution >= 4 is 27.3 Å². The third-order valence-corrected chi connectivity index (χ3v) is 7.23. The molecule has 0 aliphatic carbocycles. The molecule has 1 aliphatic heterocycles. The molecule has 118 valence electrons. The highest BCUT2D eigenvalue weighted by Crippen LogP contribution is 2.30. The van der Waals surface area contributed by atoms with Crippen molar-refractivity contribution in [2.45, 2.75) is 37.3 Å². The van der Waals surface area contributed by atoms with Gasteiger partial charge in [-0.25, -0.2) is 18.2 Å². The van der Waals surface area contributed by atoms with Crippen LogP contribution in [0.15, 0.2) is 9.72 Å². The van der Waals surface area contributed by atoms with E-state index in [9.17, 15) is 13.2 Å². The van der Waals surface area contributed by atoms with Crippen LogP contribution in [0.4, 0.5) is 0 Å². The number of carbonyl (C=O) groups is 1. The Bertz CT molecular complexity index is 609. The molecule has 1 aromatic heterocycles. The second-order valence-electron chi connectivity index (χ2n) is 5.63. The van der Waals surface area contributed by atoms with Crippen LogP contribution in [0.1, 0.15) is 43.6 Å². The van der Waals surface area contributed by atoms with Crippen molar-refractivity contribution in [3.05, 3.63) is 11.2 Å². The van der Waals surface area contributed by atoms with Crippen molar-refractivity contribution in [2.24, 2.45) is 11.8 Å². The summed E-state index contributed by atoms with van der Waals surface area (Å²) in [7, 11) is -3.76. The predicted octanol–water partition coefficient (Wildman–Crippen LogP) is 2.29. The molecule has 2 heterocycles. The van der Waals surface area contributed by atoms with Gasteiger partial charge < -0.3 is 5.11 Å². The van der Waals surface area contributed by atoms with Crippen molar-refractivity contribution in [1.29, 1.82) is 0 Å². The monoisotopic (exact) mass is 332 g/mol. The van der Waals surface area contributed by atoms with Gasteiger partial charge in [-0.3, -0.25) is 0 Å². The fourth-order valence-electron chi connectivity index (χ4n) is 2.68. The van der Waals surface area contributed by atoms with E-state index in [2.05, 4.69) is 18.8 Å². The van der Waals surface area contributed by atoms with E-state index >= 15 is 0 Å². The Morgan fingerprint density at radius 2 is 2.14 bits per heavy atom. The number of hydrogen-bond acceptors (Lipinski definition) is 5. The summed E-state index contributed by atoms with van der Waals surface area (Å²) in [4.78, 5) is 14.7. The van der Waals surface area contributed by atoms with Gasteiger partial charge in [0.05, 0.1) is 5.51 Å². The van der Waals surface area contributed by atoms with Crippen molar-refractivity contribution in [1.82, 2.24) is 9.29 Å². The van der Waals surface area contributed by atoms with Gasteiger partial charge in [0.2, 0.25) is 0 Å². The molecule has 0 radical (unpaired) electrons. The highest BCUT2D eigenvalue weighted by atomic mass is 32.2. The summed E-state index contributed by atoms with van der Waals surface area (Å²) in [5, 5.41) is 9.05. The molecule has 1 saturated heterocycles. The topological polar surface area (TPSA) is 87.6 Å². The minimum Gasteiger partial charge on any atom is -0.476 e. The van der Waals surface area contributed by atoms with Crippen molar-refractivity contribution in [3.63, 3.8) is 0 Å². The highest BCUT2D eigenvalue weighted by Gasteiger charge is 2.33. The van der Waals surface area contributed by atoms with E-state index in [-0.39, 0.29) is 9.90 Å². The van der Waals surface area contributed by atoms with Crippen LogP contribution in [-0.4, -0.2) is 41.9 Å². The van der Waals surface area contributed by atoms with Gasteiger partial charge in [-0.05, 0) is 31.1 Å². The van der Waals surface area contributed by atoms with E-state index in [4.69, 9.17) is 5.11 Å². The number of sulfonamides is 1. The summed E-state index contributed by atoms with van der Waals surface area (Å²) in [6, 6.07) is 0. The maximum atomic E-state index is 12.6. The van der Waals surface area contributed by atoms with Crippen LogP contribution in [0.2, 0.25) is 0 Å². The summed E-state index contributed by atoms with van der Waals surface area (Å²) >= 11 is 0.871. The molecule has 0 spiro atoms. The van der Waals surface area contributed by atoms with Crippen molar-refractivity contribution < 1.29 is 18.3 Å². The van der Waals surface area contributed by atoms with Crippen LogP contribution < -0.4 is 0 Å². The van der Waals surface area contributed by atoms with Gasteiger partial charge in [0.25, 0.3) is 10.0 Å². The molecule has 21 heavy (non-hydrogen) atoms. The summed E-state index contributed by atoms with van der Waals surface area (Å²) in [5.74, 6) is -0.249. The van der Waals surface area contributed by atoms with Gasteiger partial charge in [-0.15, -0.1) is 11.3 Å². The average molecular weight is 332 g/mol. The number of rotatable bonds is 4. The smallest absolute Gasteiger partial charge is 0.356 e. The average Bonchev–Trinajstić information content (AvgIpc) is 2.76. The van der Waals surface area contributed by atoms with Gasteiger partial charge in [-0.1, -0.05) is 13.8 Å². The molecule has 8 heteroatoms. The lowest BCUT2D eigenvalue weighted by molar-refractivity contribution is 0.0687. The van der Waals surface area contributed by atoms with E-state index in [0.717, 1.165) is 30.6 Å². The van der Waals surface area contributed by atoms with Crippen LogP contribution in [0, 0.1) is 11.8 Å². The largest absolute Gasteiger partial charge is 0.476 e. The van der Waals surface area contributed by atoms with Crippen LogP contribution in [0.25, 0.3) is 0 Å². The molecule has 0 aromatic carbocycles. The molecule has 0 saturated carbocycles. The molecular formula is C13H20N2O4S2. The molecule has 1 N–H and O–H groups in total. The third-order valence-electron chi connectivity index (χ3n) is 3.99. The quantitative estimate of drug-likeness (QED) is 0.914. The Labute approximate surface area is 128 Å². The Kier molecular flexibility index (Phi) is 5.00. The minimum atomic E-state index is -3.76. The number of carboxylic acids is 1. The first-order valence-corrected chi connectivity index (χ1v) is 9.33. The third kappa shape index (κ3) is 3.44. The number of carboxylic acid groups (broad SMARTS) is 1. The SMILES string of the molecule is CC(C)C1CCCN(S(=O)(=O)c2scnc2C(=O)O)CC1. The van der Waals surface area contributed by atoms with Gasteiger partial charge in [0, 0.05) is 13.1 Å². The summed E-state index contributed by atoms with van der Waals surface area (Å²) in [6.07, 6.45) is 2.64. The second-order valence-corrected chi connectivity index (χ2v) is 8.62. The second kappa shape index (κ2) is 6.41. The molecule has 2 rings (SSSR count). The standard InChI is InChI=1S/C13H20N2O4S2/c1-9(2)10-4-3-6-15(7-5-10)21(18,19)13-11(12(16)17)14-8-20-13/h8-10H,3-7H2,1-2H3,(H,16,17). The Balaban J connectivity index is 2.24. The normalized spacial score (nSPS) is 21.4. The van der Waals surface area contributed by atoms with Crippen LogP contribution in [-0.2, 0) is 10.0 Å². The number of aromatic nitrogens is 1. The van der Waals surface area contributed by atoms with Crippen LogP contribution in [0.3, 0.4) is 0 Å². The molecule has 1 fully saturated rings. The molecule has 1 aromatic rings. The van der Waals surface area contributed by atoms with Gasteiger partial charge in [-0.2, -0.15) is 4.31 Å². The Morgan fingerprint density at radius 1 is 1.43 bits per heavy atom. The molecule has 1 aliphatic rings. The zero-order chi connectivity index (χ0) is 15.6. The molecule has 1 atom stereocenters. The molecule has 6 nitrogen and oxygen atoms in total. The number of nitrogens with zero attached hydrogens (tertiary/aromatic N) is 2. The molecule has 1 unspecified atom stereocenters. The maximum absolute atomic E-state index is 12.6. The van der Waals surface area contributed by atoms with Crippen molar-refractivity contribution in [3.8, 4) is 0 Å². The molecule has 0 bridgehead atoms. The van der Waals surface area contributed by atoms with Crippen LogP contribution >= 0.6 is 11.3 Å². The van der Waals surface area contributed by atoms with Gasteiger partial charge in [0.1, 0.15) is 0 Å². The van der Waals surface area contributed by atoms with E-state index in [0.29, 0.717) is 24.9 Å². The highest BCUT2D eigenvalue weighted by molar-refractivity contribution is 7.91. The Morgan fingerprint density at radius 3 is 2.76 bits per heavy atom. The lowest BCUT2D eigenvalue weighted by Gasteiger charge is -2.20. The fraction of sp³-hybridized carbons (Fsp3) is 0.692. The first-order chi connectivity index (χ1) is 9.84. The van der Waals surface area contributed by atoms with Gasteiger partial charge in [0.15, 0.2) is 9.90 Å². The van der Waals surface area contributed by atoms with Gasteiger partial charge >= 0.3 is 5.97 Å². The summed E-state index contributed by atoms with van der Waals surface area (Å²) < 4.78 is 26.5. The lowest BCUT2D eigenvalue weighted by atomic mass is 9.89. The lowest BCUT2D eigenvalue weighted by Crippen LogP contribution is -2.32. The first kappa shape index (κ1) is 16.4. The number of hydrogen-bond donors (Lipinski definition) is 1. The Hall–Kier alpha value is -0.990. The zero-order valence-corrected chi connectivity index (χ0v) is 13.8. The zero-order valence-electron chi connectivity index (χ0n) is 12.2. The molecular weight excluding hydrogens is 312 g/mol. The maximum Gasteiger partial charge on any atom is 0.356 e. The summed E-state index contributed by atoms with van der Waals surface area (Å²) in [5.41, 5.74) is 0.898. The van der Waals surface area contributed by atoms with E-state index in [1.807, 2.05) is 0 Å². The number of thiazole rings is 1. The van der Waals surface area contributed by atoms with E-state index < -0.39 is 16.0 Å². The first-order valence-electron chi connectivity index (χ1n) is 7.01. The summed E-state index contributed by atoms with van der Waals surface area (Å²) in [6.45, 7) is 5.20. The van der Waals surface area contributed by atoms with E-state index in [1.165, 1.54) is 9.82 Å². The van der Waals surface area contributed by atoms with Crippen molar-refractivity contribution in [2.75, 3.05) is 13.1 Å². The fourth-order valence-corrected chi connectivity index (χ4v) is 5.45. The minimum absolute atomic E-state index is 0.155.